The van der Waals surface area contributed by atoms with Crippen molar-refractivity contribution < 1.29 is 8.42 Å². The van der Waals surface area contributed by atoms with Crippen LogP contribution in [0.5, 0.6) is 0 Å². The fourth-order valence-electron chi connectivity index (χ4n) is 2.71. The third kappa shape index (κ3) is 4.93. The molecule has 0 fully saturated rings. The second-order valence-electron chi connectivity index (χ2n) is 6.17. The van der Waals surface area contributed by atoms with Gasteiger partial charge in [-0.05, 0) is 37.6 Å². The number of hydrogen-bond donors (Lipinski definition) is 1. The van der Waals surface area contributed by atoms with Crippen molar-refractivity contribution in [3.63, 3.8) is 0 Å². The van der Waals surface area contributed by atoms with Gasteiger partial charge < -0.3 is 4.57 Å². The highest BCUT2D eigenvalue weighted by Crippen LogP contribution is 2.30. The second-order valence-corrected chi connectivity index (χ2v) is 8.94. The Kier molecular flexibility index (Phi) is 7.64. The Balaban J connectivity index is 0.00000280. The number of halogens is 2. The minimum Gasteiger partial charge on any atom is -0.314 e. The van der Waals surface area contributed by atoms with Gasteiger partial charge in [0.1, 0.15) is 4.90 Å². The van der Waals surface area contributed by atoms with E-state index < -0.39 is 10.0 Å². The fraction of sp³-hybridized carbons (Fsp3) is 0.211. The van der Waals surface area contributed by atoms with E-state index in [2.05, 4.69) is 18.4 Å². The highest BCUT2D eigenvalue weighted by molar-refractivity contribution is 8.93. The van der Waals surface area contributed by atoms with E-state index in [-0.39, 0.29) is 32.9 Å². The van der Waals surface area contributed by atoms with Crippen molar-refractivity contribution in [2.24, 2.45) is 10.1 Å². The van der Waals surface area contributed by atoms with Gasteiger partial charge in [-0.25, -0.2) is 18.5 Å². The summed E-state index contributed by atoms with van der Waals surface area (Å²) >= 11 is 7.54. The zero-order chi connectivity index (χ0) is 19.6. The molecule has 1 unspecified atom stereocenters. The molecule has 3 rings (SSSR count). The van der Waals surface area contributed by atoms with Crippen molar-refractivity contribution in [3.8, 4) is 11.3 Å². The summed E-state index contributed by atoms with van der Waals surface area (Å²) in [6.45, 7) is 4.21. The standard InChI is InChI=1S/C19H20ClN3O2S2.BrH/c1-3-13(2)23-17(12-26-19(23)22-15-7-5-4-6-8-15)14-9-10-16(20)18(11-14)27(21,24)25;/h4-13H,3H2,1-2H3,(H2,21,24,25);1H. The molecule has 5 nitrogen and oxygen atoms in total. The number of rotatable bonds is 5. The van der Waals surface area contributed by atoms with Crippen LogP contribution in [0.2, 0.25) is 5.02 Å². The van der Waals surface area contributed by atoms with Crippen molar-refractivity contribution in [2.75, 3.05) is 0 Å². The molecule has 9 heteroatoms. The van der Waals surface area contributed by atoms with E-state index in [1.54, 1.807) is 12.1 Å². The number of para-hydroxylation sites is 1. The van der Waals surface area contributed by atoms with Crippen molar-refractivity contribution >= 4 is 55.6 Å². The van der Waals surface area contributed by atoms with Crippen LogP contribution in [0.25, 0.3) is 11.3 Å². The van der Waals surface area contributed by atoms with Gasteiger partial charge in [0.05, 0.1) is 16.4 Å². The molecule has 150 valence electrons. The van der Waals surface area contributed by atoms with Crippen molar-refractivity contribution in [3.05, 3.63) is 63.7 Å². The topological polar surface area (TPSA) is 77.5 Å². The predicted octanol–water partition coefficient (Wildman–Crippen LogP) is 5.30. The van der Waals surface area contributed by atoms with Crippen LogP contribution >= 0.6 is 39.9 Å². The summed E-state index contributed by atoms with van der Waals surface area (Å²) in [5.41, 5.74) is 2.48. The Morgan fingerprint density at radius 1 is 1.21 bits per heavy atom. The van der Waals surface area contributed by atoms with Gasteiger partial charge in [0.2, 0.25) is 10.0 Å². The number of hydrogen-bond acceptors (Lipinski definition) is 4. The van der Waals surface area contributed by atoms with E-state index in [1.165, 1.54) is 17.4 Å². The second kappa shape index (κ2) is 9.37. The number of primary sulfonamides is 1. The average molecular weight is 503 g/mol. The number of aromatic nitrogens is 1. The molecule has 0 saturated heterocycles. The van der Waals surface area contributed by atoms with E-state index >= 15 is 0 Å². The predicted molar refractivity (Wildman–Crippen MR) is 121 cm³/mol. The van der Waals surface area contributed by atoms with Crippen LogP contribution in [-0.4, -0.2) is 13.0 Å². The molecule has 3 aromatic rings. The Morgan fingerprint density at radius 3 is 2.50 bits per heavy atom. The van der Waals surface area contributed by atoms with Gasteiger partial charge >= 0.3 is 0 Å². The summed E-state index contributed by atoms with van der Waals surface area (Å²) in [4.78, 5) is 5.52. The largest absolute Gasteiger partial charge is 0.314 e. The molecule has 0 aliphatic carbocycles. The molecule has 1 atom stereocenters. The van der Waals surface area contributed by atoms with Crippen LogP contribution in [0, 0.1) is 0 Å². The van der Waals surface area contributed by atoms with E-state index in [4.69, 9.17) is 21.7 Å². The summed E-state index contributed by atoms with van der Waals surface area (Å²) in [5.74, 6) is 0. The van der Waals surface area contributed by atoms with Gasteiger partial charge in [-0.2, -0.15) is 0 Å². The molecule has 0 saturated carbocycles. The Morgan fingerprint density at radius 2 is 1.89 bits per heavy atom. The number of benzene rings is 2. The number of sulfonamides is 1. The third-order valence-corrected chi connectivity index (χ3v) is 6.52. The summed E-state index contributed by atoms with van der Waals surface area (Å²) in [5, 5.41) is 7.39. The van der Waals surface area contributed by atoms with Crippen LogP contribution in [0.15, 0.2) is 63.8 Å². The molecule has 1 aromatic heterocycles. The lowest BCUT2D eigenvalue weighted by Gasteiger charge is -2.16. The molecule has 0 amide bonds. The van der Waals surface area contributed by atoms with Gasteiger partial charge in [0, 0.05) is 17.0 Å². The summed E-state index contributed by atoms with van der Waals surface area (Å²) in [6, 6.07) is 14.8. The van der Waals surface area contributed by atoms with Gasteiger partial charge in [0.15, 0.2) is 4.80 Å². The molecule has 0 radical (unpaired) electrons. The normalized spacial score (nSPS) is 13.2. The Labute approximate surface area is 184 Å². The van der Waals surface area contributed by atoms with E-state index in [9.17, 15) is 8.42 Å². The first-order chi connectivity index (χ1) is 12.8. The maximum Gasteiger partial charge on any atom is 0.239 e. The monoisotopic (exact) mass is 501 g/mol. The minimum absolute atomic E-state index is 0. The first-order valence-corrected chi connectivity index (χ1v) is 11.2. The highest BCUT2D eigenvalue weighted by Gasteiger charge is 2.18. The van der Waals surface area contributed by atoms with Gasteiger partial charge in [-0.3, -0.25) is 0 Å². The summed E-state index contributed by atoms with van der Waals surface area (Å²) in [6.07, 6.45) is 0.904. The molecule has 0 bridgehead atoms. The quantitative estimate of drug-likeness (QED) is 0.514. The molecule has 2 aromatic carbocycles. The minimum atomic E-state index is -3.91. The van der Waals surface area contributed by atoms with Gasteiger partial charge in [0.25, 0.3) is 0 Å². The van der Waals surface area contributed by atoms with Crippen LogP contribution in [0.4, 0.5) is 5.69 Å². The van der Waals surface area contributed by atoms with Gasteiger partial charge in [-0.1, -0.05) is 42.8 Å². The van der Waals surface area contributed by atoms with Crippen molar-refractivity contribution in [1.82, 2.24) is 4.57 Å². The lowest BCUT2D eigenvalue weighted by Crippen LogP contribution is -2.19. The van der Waals surface area contributed by atoms with E-state index in [0.29, 0.717) is 0 Å². The highest BCUT2D eigenvalue weighted by atomic mass is 79.9. The van der Waals surface area contributed by atoms with E-state index in [0.717, 1.165) is 28.2 Å². The van der Waals surface area contributed by atoms with Crippen molar-refractivity contribution in [2.45, 2.75) is 31.2 Å². The number of nitrogens with zero attached hydrogens (tertiary/aromatic N) is 2. The first-order valence-electron chi connectivity index (χ1n) is 8.43. The zero-order valence-electron chi connectivity index (χ0n) is 15.4. The molecular weight excluding hydrogens is 482 g/mol. The van der Waals surface area contributed by atoms with E-state index in [1.807, 2.05) is 35.7 Å². The summed E-state index contributed by atoms with van der Waals surface area (Å²) < 4.78 is 25.8. The first kappa shape index (κ1) is 22.8. The maximum absolute atomic E-state index is 11.8. The maximum atomic E-state index is 11.8. The lowest BCUT2D eigenvalue weighted by atomic mass is 10.1. The lowest BCUT2D eigenvalue weighted by molar-refractivity contribution is 0.524. The third-order valence-electron chi connectivity index (χ3n) is 4.29. The van der Waals surface area contributed by atoms with Crippen LogP contribution in [0.3, 0.4) is 0 Å². The number of nitrogens with two attached hydrogens (primary N) is 1. The SMILES string of the molecule is Br.CCC(C)n1c(-c2ccc(Cl)c(S(N)(=O)=O)c2)csc1=Nc1ccccc1. The Bertz CT molecular complexity index is 1130. The smallest absolute Gasteiger partial charge is 0.239 e. The summed E-state index contributed by atoms with van der Waals surface area (Å²) in [7, 11) is -3.91. The molecular formula is C19H21BrClN3O2S2. The molecule has 0 aliphatic heterocycles. The molecule has 0 spiro atoms. The molecule has 28 heavy (non-hydrogen) atoms. The fourth-order valence-corrected chi connectivity index (χ4v) is 4.80. The number of thiazole rings is 1. The van der Waals surface area contributed by atoms with Crippen LogP contribution < -0.4 is 9.94 Å². The average Bonchev–Trinajstić information content (AvgIpc) is 3.05. The Hall–Kier alpha value is -1.45. The zero-order valence-corrected chi connectivity index (χ0v) is 19.5. The van der Waals surface area contributed by atoms with Gasteiger partial charge in [-0.15, -0.1) is 28.3 Å². The van der Waals surface area contributed by atoms with Crippen LogP contribution in [-0.2, 0) is 10.0 Å². The van der Waals surface area contributed by atoms with Crippen molar-refractivity contribution in [1.29, 1.82) is 0 Å². The molecule has 0 aliphatic rings. The van der Waals surface area contributed by atoms with Crippen LogP contribution in [0.1, 0.15) is 26.3 Å². The molecule has 1 heterocycles. The molecule has 2 N–H and O–H groups in total.